The van der Waals surface area contributed by atoms with Gasteiger partial charge in [-0.3, -0.25) is 4.79 Å². The van der Waals surface area contributed by atoms with Gasteiger partial charge in [-0.15, -0.1) is 0 Å². The van der Waals surface area contributed by atoms with Crippen LogP contribution in [-0.4, -0.2) is 33.5 Å². The van der Waals surface area contributed by atoms with E-state index in [-0.39, 0.29) is 17.3 Å². The lowest BCUT2D eigenvalue weighted by molar-refractivity contribution is 0.0996. The number of fused-ring (bicyclic) bond motifs is 1. The first-order valence-corrected chi connectivity index (χ1v) is 9.47. The molecular weight excluding hydrogens is 403 g/mol. The normalized spacial score (nSPS) is 22.3. The number of hydrogen-bond donors (Lipinski definition) is 3. The van der Waals surface area contributed by atoms with Crippen LogP contribution in [0.5, 0.6) is 0 Å². The van der Waals surface area contributed by atoms with Crippen molar-refractivity contribution in [3.05, 3.63) is 59.6 Å². The molecule has 2 aliphatic rings. The van der Waals surface area contributed by atoms with Gasteiger partial charge in [0, 0.05) is 11.5 Å². The van der Waals surface area contributed by atoms with Gasteiger partial charge in [0.25, 0.3) is 5.91 Å². The Morgan fingerprint density at radius 1 is 1.39 bits per heavy atom. The van der Waals surface area contributed by atoms with Gasteiger partial charge in [-0.05, 0) is 43.2 Å². The number of primary amides is 2. The highest BCUT2D eigenvalue weighted by atomic mass is 19.1. The minimum atomic E-state index is -1.38. The number of anilines is 1. The summed E-state index contributed by atoms with van der Waals surface area (Å²) in [6, 6.07) is 8.06. The highest BCUT2D eigenvalue weighted by Crippen LogP contribution is 2.55. The summed E-state index contributed by atoms with van der Waals surface area (Å²) < 4.78 is 21.8. The van der Waals surface area contributed by atoms with E-state index in [2.05, 4.69) is 10.4 Å². The van der Waals surface area contributed by atoms with E-state index < -0.39 is 23.7 Å². The molecule has 3 unspecified atom stereocenters. The Morgan fingerprint density at radius 3 is 2.71 bits per heavy atom. The van der Waals surface area contributed by atoms with E-state index in [9.17, 15) is 14.0 Å². The fourth-order valence-corrected chi connectivity index (χ4v) is 3.48. The first kappa shape index (κ1) is 20.2. The zero-order valence-electron chi connectivity index (χ0n) is 16.5. The van der Waals surface area contributed by atoms with Gasteiger partial charge in [0.15, 0.2) is 11.8 Å². The number of hydrogen-bond acceptors (Lipinski definition) is 5. The van der Waals surface area contributed by atoms with Crippen molar-refractivity contribution in [2.45, 2.75) is 25.1 Å². The molecule has 2 aromatic rings. The van der Waals surface area contributed by atoms with E-state index >= 15 is 0 Å². The molecule has 1 aromatic carbocycles. The molecule has 0 saturated heterocycles. The van der Waals surface area contributed by atoms with Gasteiger partial charge in [-0.1, -0.05) is 12.1 Å². The van der Waals surface area contributed by atoms with Crippen molar-refractivity contribution in [1.82, 2.24) is 9.78 Å². The molecule has 2 aliphatic carbocycles. The van der Waals surface area contributed by atoms with Crippen LogP contribution in [0.2, 0.25) is 0 Å². The van der Waals surface area contributed by atoms with E-state index in [1.165, 1.54) is 10.9 Å². The van der Waals surface area contributed by atoms with Gasteiger partial charge >= 0.3 is 6.03 Å². The Kier molecular flexibility index (Phi) is 4.74. The lowest BCUT2D eigenvalue weighted by Gasteiger charge is -2.20. The topological polar surface area (TPSA) is 149 Å². The summed E-state index contributed by atoms with van der Waals surface area (Å²) in [5.74, 6) is -0.582. The number of aromatic nitrogens is 2. The molecule has 0 spiro atoms. The van der Waals surface area contributed by atoms with E-state index in [1.54, 1.807) is 43.3 Å². The molecule has 3 atom stereocenters. The fraction of sp³-hybridized carbons (Fsp3) is 0.238. The average molecular weight is 422 g/mol. The van der Waals surface area contributed by atoms with Crippen molar-refractivity contribution < 1.29 is 18.7 Å². The molecule has 158 valence electrons. The Labute approximate surface area is 176 Å². The Hall–Kier alpha value is -4.13. The number of amides is 3. The van der Waals surface area contributed by atoms with Crippen LogP contribution in [0.15, 0.2) is 48.4 Å². The van der Waals surface area contributed by atoms with E-state index in [4.69, 9.17) is 21.5 Å². The predicted molar refractivity (Wildman–Crippen MR) is 109 cm³/mol. The Balaban J connectivity index is 1.65. The summed E-state index contributed by atoms with van der Waals surface area (Å²) in [5, 5.41) is 15.5. The van der Waals surface area contributed by atoms with E-state index in [0.29, 0.717) is 29.0 Å². The standard InChI is InChI=1S/C21H19FN6O3/c1-11(9-23)31-17-6-13-7-21(13,22)8-15(17)12-2-4-14(5-3-12)28-10-16(26-20(25)30)18(27-28)19(24)29/h2-6,8,10-11,13H,7H2,1H3,(H2,24,29)(H3,25,26,30). The van der Waals surface area contributed by atoms with Gasteiger partial charge < -0.3 is 21.5 Å². The lowest BCUT2D eigenvalue weighted by Crippen LogP contribution is -2.22. The minimum absolute atomic E-state index is 0.0855. The molecule has 0 aliphatic heterocycles. The summed E-state index contributed by atoms with van der Waals surface area (Å²) in [4.78, 5) is 22.7. The Morgan fingerprint density at radius 2 is 2.10 bits per heavy atom. The average Bonchev–Trinajstić information content (AvgIpc) is 3.20. The van der Waals surface area contributed by atoms with Crippen LogP contribution in [0.1, 0.15) is 29.4 Å². The molecule has 0 radical (unpaired) electrons. The van der Waals surface area contributed by atoms with Gasteiger partial charge in [0.05, 0.1) is 17.6 Å². The monoisotopic (exact) mass is 422 g/mol. The van der Waals surface area contributed by atoms with Crippen LogP contribution < -0.4 is 16.8 Å². The van der Waals surface area contributed by atoms with Crippen LogP contribution in [0.4, 0.5) is 14.9 Å². The highest BCUT2D eigenvalue weighted by molar-refractivity contribution is 6.00. The smallest absolute Gasteiger partial charge is 0.316 e. The number of nitriles is 1. The van der Waals surface area contributed by atoms with Gasteiger partial charge in [0.2, 0.25) is 0 Å². The number of urea groups is 1. The highest BCUT2D eigenvalue weighted by Gasteiger charge is 2.55. The quantitative estimate of drug-likeness (QED) is 0.653. The zero-order valence-corrected chi connectivity index (χ0v) is 16.5. The largest absolute Gasteiger partial charge is 0.476 e. The lowest BCUT2D eigenvalue weighted by atomic mass is 9.96. The molecule has 0 bridgehead atoms. The molecular formula is C21H19FN6O3. The fourth-order valence-electron chi connectivity index (χ4n) is 3.48. The maximum Gasteiger partial charge on any atom is 0.316 e. The van der Waals surface area contributed by atoms with Crippen LogP contribution >= 0.6 is 0 Å². The van der Waals surface area contributed by atoms with Gasteiger partial charge in [-0.25, -0.2) is 13.9 Å². The third-order valence-corrected chi connectivity index (χ3v) is 5.13. The summed E-state index contributed by atoms with van der Waals surface area (Å²) in [6.07, 6.45) is 4.40. The number of carbonyl (C=O) groups excluding carboxylic acids is 2. The number of alkyl halides is 1. The molecule has 31 heavy (non-hydrogen) atoms. The molecule has 9 nitrogen and oxygen atoms in total. The minimum Gasteiger partial charge on any atom is -0.476 e. The summed E-state index contributed by atoms with van der Waals surface area (Å²) in [6.45, 7) is 1.62. The third-order valence-electron chi connectivity index (χ3n) is 5.13. The zero-order chi connectivity index (χ0) is 22.3. The van der Waals surface area contributed by atoms with E-state index in [1.807, 2.05) is 6.07 Å². The summed E-state index contributed by atoms with van der Waals surface area (Å²) >= 11 is 0. The molecule has 1 saturated carbocycles. The van der Waals surface area contributed by atoms with Crippen molar-refractivity contribution in [1.29, 1.82) is 5.26 Å². The number of halogens is 1. The third kappa shape index (κ3) is 3.85. The molecule has 1 fully saturated rings. The van der Waals surface area contributed by atoms with Crippen LogP contribution in [-0.2, 0) is 4.74 Å². The van der Waals surface area contributed by atoms with Gasteiger partial charge in [-0.2, -0.15) is 10.4 Å². The second-order valence-corrected chi connectivity index (χ2v) is 7.45. The van der Waals surface area contributed by atoms with E-state index in [0.717, 1.165) is 0 Å². The van der Waals surface area contributed by atoms with Crippen molar-refractivity contribution in [3.8, 4) is 11.8 Å². The SMILES string of the molecule is CC(C#N)OC1=CC2CC2(F)C=C1c1ccc(-n2cc(NC(N)=O)c(C(N)=O)n2)cc1. The van der Waals surface area contributed by atoms with Crippen molar-refractivity contribution in [2.24, 2.45) is 17.4 Å². The Bertz CT molecular complexity index is 1180. The summed E-state index contributed by atoms with van der Waals surface area (Å²) in [5.41, 5.74) is 10.8. The molecule has 5 N–H and O–H groups in total. The number of nitrogens with zero attached hydrogens (tertiary/aromatic N) is 3. The first-order chi connectivity index (χ1) is 14.7. The number of nitrogens with two attached hydrogens (primary N) is 2. The molecule has 3 amide bonds. The van der Waals surface area contributed by atoms with Gasteiger partial charge in [0.1, 0.15) is 17.5 Å². The second-order valence-electron chi connectivity index (χ2n) is 7.45. The molecule has 1 heterocycles. The number of allylic oxidation sites excluding steroid dienone is 3. The number of ether oxygens (including phenoxy) is 1. The summed E-state index contributed by atoms with van der Waals surface area (Å²) in [7, 11) is 0. The number of nitrogens with one attached hydrogen (secondary N) is 1. The molecule has 10 heteroatoms. The van der Waals surface area contributed by atoms with Crippen LogP contribution in [0.25, 0.3) is 11.3 Å². The van der Waals surface area contributed by atoms with Crippen molar-refractivity contribution >= 4 is 23.2 Å². The first-order valence-electron chi connectivity index (χ1n) is 9.47. The number of benzene rings is 1. The molecule has 4 rings (SSSR count). The van der Waals surface area contributed by atoms with Crippen molar-refractivity contribution in [2.75, 3.05) is 5.32 Å². The van der Waals surface area contributed by atoms with Crippen LogP contribution in [0.3, 0.4) is 0 Å². The predicted octanol–water partition coefficient (Wildman–Crippen LogP) is 2.40. The van der Waals surface area contributed by atoms with Crippen molar-refractivity contribution in [3.63, 3.8) is 0 Å². The van der Waals surface area contributed by atoms with Crippen LogP contribution in [0, 0.1) is 17.2 Å². The number of carbonyl (C=O) groups is 2. The number of rotatable bonds is 6. The maximum absolute atomic E-state index is 14.7. The molecule has 1 aromatic heterocycles. The second kappa shape index (κ2) is 7.28. The maximum atomic E-state index is 14.7.